The maximum atomic E-state index is 13.0. The summed E-state index contributed by atoms with van der Waals surface area (Å²) in [5.41, 5.74) is 2.93. The lowest BCUT2D eigenvalue weighted by molar-refractivity contribution is 0.571. The van der Waals surface area contributed by atoms with Crippen molar-refractivity contribution < 1.29 is 4.42 Å². The Morgan fingerprint density at radius 3 is 2.80 bits per heavy atom. The van der Waals surface area contributed by atoms with E-state index in [9.17, 15) is 4.79 Å². The van der Waals surface area contributed by atoms with Crippen molar-refractivity contribution in [2.45, 2.75) is 12.1 Å². The van der Waals surface area contributed by atoms with E-state index in [4.69, 9.17) is 4.42 Å². The third-order valence-electron chi connectivity index (χ3n) is 3.96. The summed E-state index contributed by atoms with van der Waals surface area (Å²) < 4.78 is 7.02. The molecule has 0 aliphatic rings. The Labute approximate surface area is 147 Å². The fourth-order valence-corrected chi connectivity index (χ4v) is 3.12. The molecule has 0 atom stereocenters. The SMILES string of the molecule is CSc1ncc2c(=O)n(-c3ccccc3-c3cnco3)cc(C)c2n1. The molecule has 0 aliphatic carbocycles. The molecule has 0 unspecified atom stereocenters. The van der Waals surface area contributed by atoms with Crippen molar-refractivity contribution >= 4 is 22.7 Å². The molecule has 3 heterocycles. The molecule has 3 aromatic heterocycles. The predicted octanol–water partition coefficient (Wildman–Crippen LogP) is 3.47. The zero-order chi connectivity index (χ0) is 17.4. The molecule has 0 amide bonds. The third kappa shape index (κ3) is 2.62. The molecule has 7 heteroatoms. The van der Waals surface area contributed by atoms with E-state index in [0.29, 0.717) is 21.8 Å². The highest BCUT2D eigenvalue weighted by Crippen LogP contribution is 2.26. The Kier molecular flexibility index (Phi) is 3.85. The highest BCUT2D eigenvalue weighted by Gasteiger charge is 2.14. The van der Waals surface area contributed by atoms with Crippen molar-refractivity contribution in [1.82, 2.24) is 19.5 Å². The molecule has 0 aliphatic heterocycles. The second-order valence-corrected chi connectivity index (χ2v) is 6.26. The minimum atomic E-state index is -0.166. The highest BCUT2D eigenvalue weighted by molar-refractivity contribution is 7.98. The Morgan fingerprint density at radius 2 is 2.04 bits per heavy atom. The first-order valence-corrected chi connectivity index (χ1v) is 8.83. The average molecular weight is 350 g/mol. The molecule has 0 saturated heterocycles. The second kappa shape index (κ2) is 6.18. The molecule has 6 nitrogen and oxygen atoms in total. The highest BCUT2D eigenvalue weighted by atomic mass is 32.2. The molecule has 124 valence electrons. The van der Waals surface area contributed by atoms with Gasteiger partial charge < -0.3 is 4.42 Å². The summed E-state index contributed by atoms with van der Waals surface area (Å²) in [4.78, 5) is 25.7. The van der Waals surface area contributed by atoms with E-state index in [1.807, 2.05) is 37.4 Å². The summed E-state index contributed by atoms with van der Waals surface area (Å²) in [6.07, 6.45) is 8.31. The van der Waals surface area contributed by atoms with Crippen molar-refractivity contribution in [1.29, 1.82) is 0 Å². The number of thioether (sulfide) groups is 1. The number of benzene rings is 1. The molecule has 0 saturated carbocycles. The monoisotopic (exact) mass is 350 g/mol. The summed E-state index contributed by atoms with van der Waals surface area (Å²) in [6, 6.07) is 7.55. The number of fused-ring (bicyclic) bond motifs is 1. The van der Waals surface area contributed by atoms with E-state index < -0.39 is 0 Å². The number of aromatic nitrogens is 4. The lowest BCUT2D eigenvalue weighted by Gasteiger charge is -2.12. The van der Waals surface area contributed by atoms with Gasteiger partial charge >= 0.3 is 0 Å². The molecule has 0 fully saturated rings. The van der Waals surface area contributed by atoms with Gasteiger partial charge in [-0.05, 0) is 30.9 Å². The molecule has 0 radical (unpaired) electrons. The maximum Gasteiger partial charge on any atom is 0.266 e. The number of nitrogens with zero attached hydrogens (tertiary/aromatic N) is 4. The quantitative estimate of drug-likeness (QED) is 0.416. The predicted molar refractivity (Wildman–Crippen MR) is 97.2 cm³/mol. The first-order valence-electron chi connectivity index (χ1n) is 7.60. The van der Waals surface area contributed by atoms with Crippen molar-refractivity contribution in [3.8, 4) is 17.0 Å². The Bertz CT molecular complexity index is 1120. The maximum absolute atomic E-state index is 13.0. The molecular formula is C18H14N4O2S. The number of para-hydroxylation sites is 1. The number of pyridine rings is 1. The van der Waals surface area contributed by atoms with Gasteiger partial charge in [-0.1, -0.05) is 23.9 Å². The van der Waals surface area contributed by atoms with Gasteiger partial charge in [-0.3, -0.25) is 9.36 Å². The van der Waals surface area contributed by atoms with Crippen LogP contribution in [0, 0.1) is 6.92 Å². The smallest absolute Gasteiger partial charge is 0.266 e. The fraction of sp³-hybridized carbons (Fsp3) is 0.111. The molecule has 4 rings (SSSR count). The summed E-state index contributed by atoms with van der Waals surface area (Å²) in [7, 11) is 0. The molecule has 4 aromatic rings. The Morgan fingerprint density at radius 1 is 1.20 bits per heavy atom. The van der Waals surface area contributed by atoms with Gasteiger partial charge in [0.1, 0.15) is 0 Å². The van der Waals surface area contributed by atoms with Crippen LogP contribution in [0.2, 0.25) is 0 Å². The van der Waals surface area contributed by atoms with Crippen LogP contribution < -0.4 is 5.56 Å². The topological polar surface area (TPSA) is 73.8 Å². The minimum absolute atomic E-state index is 0.166. The van der Waals surface area contributed by atoms with E-state index in [1.165, 1.54) is 18.2 Å². The lowest BCUT2D eigenvalue weighted by Crippen LogP contribution is -2.20. The van der Waals surface area contributed by atoms with Gasteiger partial charge in [-0.25, -0.2) is 15.0 Å². The number of hydrogen-bond donors (Lipinski definition) is 0. The van der Waals surface area contributed by atoms with Crippen LogP contribution in [0.15, 0.2) is 63.6 Å². The lowest BCUT2D eigenvalue weighted by atomic mass is 10.1. The van der Waals surface area contributed by atoms with Gasteiger partial charge in [0.15, 0.2) is 17.3 Å². The first-order chi connectivity index (χ1) is 12.2. The molecule has 0 N–H and O–H groups in total. The van der Waals surface area contributed by atoms with Crippen LogP contribution in [0.5, 0.6) is 0 Å². The summed E-state index contributed by atoms with van der Waals surface area (Å²) >= 11 is 1.45. The van der Waals surface area contributed by atoms with E-state index in [2.05, 4.69) is 15.0 Å². The number of oxazole rings is 1. The Hall–Kier alpha value is -2.93. The van der Waals surface area contributed by atoms with Crippen molar-refractivity contribution in [3.63, 3.8) is 0 Å². The Balaban J connectivity index is 2.01. The van der Waals surface area contributed by atoms with E-state index in [-0.39, 0.29) is 5.56 Å². The van der Waals surface area contributed by atoms with Gasteiger partial charge in [0, 0.05) is 18.0 Å². The largest absolute Gasteiger partial charge is 0.443 e. The fourth-order valence-electron chi connectivity index (χ4n) is 2.78. The van der Waals surface area contributed by atoms with Crippen LogP contribution in [0.1, 0.15) is 5.56 Å². The van der Waals surface area contributed by atoms with Gasteiger partial charge in [0.05, 0.1) is 22.8 Å². The average Bonchev–Trinajstić information content (AvgIpc) is 3.19. The summed E-state index contributed by atoms with van der Waals surface area (Å²) in [5, 5.41) is 1.14. The molecular weight excluding hydrogens is 336 g/mol. The van der Waals surface area contributed by atoms with Crippen LogP contribution in [0.3, 0.4) is 0 Å². The van der Waals surface area contributed by atoms with Gasteiger partial charge in [0.2, 0.25) is 0 Å². The number of hydrogen-bond acceptors (Lipinski definition) is 6. The molecule has 1 aromatic carbocycles. The van der Waals surface area contributed by atoms with Crippen LogP contribution in [0.25, 0.3) is 27.9 Å². The van der Waals surface area contributed by atoms with E-state index in [0.717, 1.165) is 16.8 Å². The van der Waals surface area contributed by atoms with Gasteiger partial charge in [0.25, 0.3) is 5.56 Å². The van der Waals surface area contributed by atoms with Crippen LogP contribution >= 0.6 is 11.8 Å². The van der Waals surface area contributed by atoms with Gasteiger partial charge in [-0.15, -0.1) is 0 Å². The number of aryl methyl sites for hydroxylation is 1. The van der Waals surface area contributed by atoms with Crippen molar-refractivity contribution in [3.05, 3.63) is 65.2 Å². The van der Waals surface area contributed by atoms with E-state index in [1.54, 1.807) is 23.2 Å². The third-order valence-corrected chi connectivity index (χ3v) is 4.52. The standard InChI is InChI=1S/C18H14N4O2S/c1-11-9-22(17(23)13-7-20-18(25-2)21-16(11)13)14-6-4-3-5-12(14)15-8-19-10-24-15/h3-10H,1-2H3. The minimum Gasteiger partial charge on any atom is -0.443 e. The molecule has 0 bridgehead atoms. The normalized spacial score (nSPS) is 11.1. The zero-order valence-electron chi connectivity index (χ0n) is 13.6. The van der Waals surface area contributed by atoms with Gasteiger partial charge in [-0.2, -0.15) is 0 Å². The molecule has 25 heavy (non-hydrogen) atoms. The number of rotatable bonds is 3. The first kappa shape index (κ1) is 15.6. The molecule has 0 spiro atoms. The second-order valence-electron chi connectivity index (χ2n) is 5.49. The van der Waals surface area contributed by atoms with Crippen molar-refractivity contribution in [2.75, 3.05) is 6.26 Å². The van der Waals surface area contributed by atoms with E-state index >= 15 is 0 Å². The van der Waals surface area contributed by atoms with Crippen LogP contribution in [0.4, 0.5) is 0 Å². The van der Waals surface area contributed by atoms with Crippen LogP contribution in [-0.4, -0.2) is 25.8 Å². The summed E-state index contributed by atoms with van der Waals surface area (Å²) in [5.74, 6) is 0.606. The van der Waals surface area contributed by atoms with Crippen molar-refractivity contribution in [2.24, 2.45) is 0 Å². The zero-order valence-corrected chi connectivity index (χ0v) is 14.4. The summed E-state index contributed by atoms with van der Waals surface area (Å²) in [6.45, 7) is 1.94. The van der Waals surface area contributed by atoms with Crippen LogP contribution in [-0.2, 0) is 0 Å².